The van der Waals surface area contributed by atoms with Crippen molar-refractivity contribution in [3.8, 4) is 0 Å². The van der Waals surface area contributed by atoms with Crippen molar-refractivity contribution in [1.82, 2.24) is 19.7 Å². The lowest BCUT2D eigenvalue weighted by molar-refractivity contribution is 0.0951. The Bertz CT molecular complexity index is 1280. The van der Waals surface area contributed by atoms with Crippen LogP contribution in [-0.2, 0) is 19.6 Å². The van der Waals surface area contributed by atoms with Gasteiger partial charge >= 0.3 is 0 Å². The molecule has 0 radical (unpaired) electrons. The average Bonchev–Trinajstić information content (AvgIpc) is 3.25. The summed E-state index contributed by atoms with van der Waals surface area (Å²) >= 11 is 12.3. The Balaban J connectivity index is 1.36. The molecule has 2 heterocycles. The van der Waals surface area contributed by atoms with Crippen LogP contribution in [0.2, 0.25) is 10.0 Å². The van der Waals surface area contributed by atoms with Crippen molar-refractivity contribution in [3.63, 3.8) is 0 Å². The number of carbonyl (C=O) groups is 1. The molecule has 0 aliphatic rings. The average molecular weight is 467 g/mol. The van der Waals surface area contributed by atoms with Gasteiger partial charge in [-0.05, 0) is 29.3 Å². The number of aromatic nitrogens is 3. The van der Waals surface area contributed by atoms with Crippen LogP contribution in [0.3, 0.4) is 0 Å². The fourth-order valence-corrected chi connectivity index (χ4v) is 3.80. The zero-order valence-corrected chi connectivity index (χ0v) is 18.6. The number of pyridine rings is 1. The normalized spacial score (nSPS) is 10.8. The monoisotopic (exact) mass is 466 g/mol. The highest BCUT2D eigenvalue weighted by atomic mass is 35.5. The van der Waals surface area contributed by atoms with Gasteiger partial charge in [0.15, 0.2) is 0 Å². The third-order valence-electron chi connectivity index (χ3n) is 5.00. The molecular weight excluding hydrogens is 447 g/mol. The van der Waals surface area contributed by atoms with Crippen LogP contribution in [0.4, 0.5) is 0 Å². The summed E-state index contributed by atoms with van der Waals surface area (Å²) in [5.74, 6) is -0.254. The number of rotatable bonds is 7. The third-order valence-corrected chi connectivity index (χ3v) is 5.71. The molecule has 8 heteroatoms. The highest BCUT2D eigenvalue weighted by molar-refractivity contribution is 6.36. The predicted molar refractivity (Wildman–Crippen MR) is 125 cm³/mol. The molecule has 0 unspecified atom stereocenters. The predicted octanol–water partition coefficient (Wildman–Crippen LogP) is 4.38. The van der Waals surface area contributed by atoms with Crippen molar-refractivity contribution in [2.45, 2.75) is 19.6 Å². The summed E-state index contributed by atoms with van der Waals surface area (Å²) in [7, 11) is 0. The van der Waals surface area contributed by atoms with Gasteiger partial charge in [0.2, 0.25) is 0 Å². The van der Waals surface area contributed by atoms with Crippen LogP contribution < -0.4 is 10.9 Å². The van der Waals surface area contributed by atoms with E-state index in [-0.39, 0.29) is 18.0 Å². The lowest BCUT2D eigenvalue weighted by Gasteiger charge is -2.08. The van der Waals surface area contributed by atoms with Crippen molar-refractivity contribution in [1.29, 1.82) is 0 Å². The molecule has 6 nitrogen and oxygen atoms in total. The SMILES string of the molecule is O=C(NCc1c(Cl)cccc1Cl)c1cnn(Cc2ccc(Cn3ccccc3=O)cc2)c1. The first-order valence-corrected chi connectivity index (χ1v) is 10.7. The molecule has 0 saturated heterocycles. The molecule has 32 heavy (non-hydrogen) atoms. The molecule has 2 aromatic carbocycles. The number of hydrogen-bond acceptors (Lipinski definition) is 3. The second kappa shape index (κ2) is 9.85. The zero-order valence-electron chi connectivity index (χ0n) is 17.0. The minimum Gasteiger partial charge on any atom is -0.348 e. The summed E-state index contributed by atoms with van der Waals surface area (Å²) in [6.45, 7) is 1.27. The van der Waals surface area contributed by atoms with E-state index in [2.05, 4.69) is 10.4 Å². The van der Waals surface area contributed by atoms with Crippen LogP contribution in [0, 0.1) is 0 Å². The standard InChI is InChI=1S/C24H20Cl2N4O2/c25-21-4-3-5-22(26)20(21)13-27-24(32)19-12-28-30(16-19)15-18-9-7-17(8-10-18)14-29-11-2-1-6-23(29)31/h1-12,16H,13-15H2,(H,27,32). The van der Waals surface area contributed by atoms with Crippen molar-refractivity contribution in [2.24, 2.45) is 0 Å². The van der Waals surface area contributed by atoms with Crippen LogP contribution in [0.1, 0.15) is 27.0 Å². The van der Waals surface area contributed by atoms with Gasteiger partial charge in [-0.2, -0.15) is 5.10 Å². The third kappa shape index (κ3) is 5.28. The zero-order chi connectivity index (χ0) is 22.5. The Kier molecular flexibility index (Phi) is 6.73. The molecule has 0 saturated carbocycles. The van der Waals surface area contributed by atoms with Gasteiger partial charge < -0.3 is 9.88 Å². The number of amides is 1. The van der Waals surface area contributed by atoms with E-state index in [1.54, 1.807) is 52.0 Å². The van der Waals surface area contributed by atoms with Crippen LogP contribution >= 0.6 is 23.2 Å². The fraction of sp³-hybridized carbons (Fsp3) is 0.125. The molecule has 0 aliphatic carbocycles. The van der Waals surface area contributed by atoms with Gasteiger partial charge in [0.25, 0.3) is 11.5 Å². The first-order valence-electron chi connectivity index (χ1n) is 9.96. The molecule has 1 amide bonds. The van der Waals surface area contributed by atoms with Crippen molar-refractivity contribution >= 4 is 29.1 Å². The molecular formula is C24H20Cl2N4O2. The number of nitrogens with zero attached hydrogens (tertiary/aromatic N) is 3. The maximum absolute atomic E-state index is 12.5. The van der Waals surface area contributed by atoms with Gasteiger partial charge in [0.05, 0.1) is 24.8 Å². The molecule has 162 valence electrons. The molecule has 2 aromatic heterocycles. The van der Waals surface area contributed by atoms with E-state index in [4.69, 9.17) is 23.2 Å². The van der Waals surface area contributed by atoms with Crippen molar-refractivity contribution in [3.05, 3.63) is 122 Å². The molecule has 1 N–H and O–H groups in total. The van der Waals surface area contributed by atoms with E-state index >= 15 is 0 Å². The summed E-state index contributed by atoms with van der Waals surface area (Å²) in [4.78, 5) is 24.3. The summed E-state index contributed by atoms with van der Waals surface area (Å²) in [5, 5.41) is 8.12. The van der Waals surface area contributed by atoms with Crippen LogP contribution in [0.15, 0.2) is 84.0 Å². The van der Waals surface area contributed by atoms with E-state index in [9.17, 15) is 9.59 Å². The highest BCUT2D eigenvalue weighted by Gasteiger charge is 2.11. The van der Waals surface area contributed by atoms with E-state index in [0.29, 0.717) is 34.3 Å². The molecule has 4 rings (SSSR count). The first kappa shape index (κ1) is 21.9. The van der Waals surface area contributed by atoms with Crippen LogP contribution in [0.5, 0.6) is 0 Å². The number of hydrogen-bond donors (Lipinski definition) is 1. The lowest BCUT2D eigenvalue weighted by atomic mass is 10.1. The number of halogens is 2. The number of carbonyl (C=O) groups excluding carboxylic acids is 1. The maximum atomic E-state index is 12.5. The summed E-state index contributed by atoms with van der Waals surface area (Å²) in [6.07, 6.45) is 4.99. The van der Waals surface area contributed by atoms with Gasteiger partial charge in [-0.1, -0.05) is 59.6 Å². The largest absolute Gasteiger partial charge is 0.348 e. The Morgan fingerprint density at radius 1 is 0.906 bits per heavy atom. The van der Waals surface area contributed by atoms with Crippen LogP contribution in [-0.4, -0.2) is 20.3 Å². The number of benzene rings is 2. The van der Waals surface area contributed by atoms with Gasteiger partial charge in [0.1, 0.15) is 0 Å². The summed E-state index contributed by atoms with van der Waals surface area (Å²) in [5.41, 5.74) is 3.16. The highest BCUT2D eigenvalue weighted by Crippen LogP contribution is 2.24. The molecule has 0 aliphatic heterocycles. The smallest absolute Gasteiger partial charge is 0.254 e. The van der Waals surface area contributed by atoms with Gasteiger partial charge in [-0.25, -0.2) is 0 Å². The Hall–Kier alpha value is -3.35. The molecule has 0 atom stereocenters. The van der Waals surface area contributed by atoms with Gasteiger partial charge in [0, 0.05) is 40.6 Å². The first-order chi connectivity index (χ1) is 15.5. The van der Waals surface area contributed by atoms with Crippen LogP contribution in [0.25, 0.3) is 0 Å². The quantitative estimate of drug-likeness (QED) is 0.439. The van der Waals surface area contributed by atoms with Crippen molar-refractivity contribution < 1.29 is 4.79 Å². The second-order valence-electron chi connectivity index (χ2n) is 7.29. The van der Waals surface area contributed by atoms with E-state index in [0.717, 1.165) is 11.1 Å². The topological polar surface area (TPSA) is 68.9 Å². The van der Waals surface area contributed by atoms with E-state index in [1.807, 2.05) is 30.3 Å². The van der Waals surface area contributed by atoms with E-state index in [1.165, 1.54) is 6.20 Å². The van der Waals surface area contributed by atoms with E-state index < -0.39 is 0 Å². The Labute approximate surface area is 195 Å². The maximum Gasteiger partial charge on any atom is 0.254 e. The van der Waals surface area contributed by atoms with Gasteiger partial charge in [-0.15, -0.1) is 0 Å². The second-order valence-corrected chi connectivity index (χ2v) is 8.11. The minimum atomic E-state index is -0.254. The molecule has 0 bridgehead atoms. The lowest BCUT2D eigenvalue weighted by Crippen LogP contribution is -2.22. The molecule has 4 aromatic rings. The number of nitrogens with one attached hydrogen (secondary N) is 1. The molecule has 0 fully saturated rings. The van der Waals surface area contributed by atoms with Crippen molar-refractivity contribution in [2.75, 3.05) is 0 Å². The molecule has 0 spiro atoms. The minimum absolute atomic E-state index is 0.0317. The van der Waals surface area contributed by atoms with Gasteiger partial charge in [-0.3, -0.25) is 14.3 Å². The fourth-order valence-electron chi connectivity index (χ4n) is 3.26. The summed E-state index contributed by atoms with van der Waals surface area (Å²) in [6, 6.07) is 18.3. The Morgan fingerprint density at radius 3 is 2.28 bits per heavy atom. The Morgan fingerprint density at radius 2 is 1.59 bits per heavy atom. The summed E-state index contributed by atoms with van der Waals surface area (Å²) < 4.78 is 3.36.